The van der Waals surface area contributed by atoms with Gasteiger partial charge in [-0.25, -0.2) is 4.98 Å². The number of pyridine rings is 1. The number of carbonyl (C=O) groups is 3. The molecule has 1 aromatic heterocycles. The number of anilines is 1. The number of amides is 3. The Morgan fingerprint density at radius 1 is 1.25 bits per heavy atom. The van der Waals surface area contributed by atoms with E-state index in [0.29, 0.717) is 31.6 Å². The first-order valence-corrected chi connectivity index (χ1v) is 8.27. The van der Waals surface area contributed by atoms with Crippen molar-refractivity contribution in [2.75, 3.05) is 18.4 Å². The maximum Gasteiger partial charge on any atom is 0.233 e. The molecule has 130 valence electrons. The van der Waals surface area contributed by atoms with Gasteiger partial charge in [0.2, 0.25) is 17.7 Å². The summed E-state index contributed by atoms with van der Waals surface area (Å²) in [6.07, 6.45) is 1.09. The van der Waals surface area contributed by atoms with Crippen LogP contribution in [0.5, 0.6) is 0 Å². The monoisotopic (exact) mass is 372 g/mol. The average Bonchev–Trinajstić information content (AvgIpc) is 2.50. The summed E-state index contributed by atoms with van der Waals surface area (Å²) in [6.45, 7) is 2.50. The molecule has 1 aromatic rings. The fraction of sp³-hybridized carbons (Fsp3) is 0.467. The Morgan fingerprint density at radius 3 is 2.50 bits per heavy atom. The number of piperidine rings is 1. The molecule has 1 aliphatic rings. The summed E-state index contributed by atoms with van der Waals surface area (Å²) in [5.41, 5.74) is 0.309. The Labute approximate surface area is 149 Å². The number of likely N-dealkylation sites (tertiary alicyclic amines) is 1. The third-order valence-corrected chi connectivity index (χ3v) is 4.15. The van der Waals surface area contributed by atoms with Crippen LogP contribution < -0.4 is 10.6 Å². The van der Waals surface area contributed by atoms with Gasteiger partial charge in [0.1, 0.15) is 11.6 Å². The van der Waals surface area contributed by atoms with E-state index in [9.17, 15) is 14.4 Å². The van der Waals surface area contributed by atoms with Gasteiger partial charge in [0, 0.05) is 26.1 Å². The zero-order chi connectivity index (χ0) is 17.7. The Morgan fingerprint density at radius 2 is 1.92 bits per heavy atom. The summed E-state index contributed by atoms with van der Waals surface area (Å²) < 4.78 is 0. The molecule has 3 amide bonds. The van der Waals surface area contributed by atoms with Crippen LogP contribution in [0.4, 0.5) is 5.69 Å². The molecule has 24 heavy (non-hydrogen) atoms. The number of nitrogens with zero attached hydrogens (tertiary/aromatic N) is 2. The van der Waals surface area contributed by atoms with Crippen molar-refractivity contribution in [2.24, 2.45) is 0 Å². The number of carbonyl (C=O) groups excluding carboxylic acids is 3. The quantitative estimate of drug-likeness (QED) is 0.623. The highest BCUT2D eigenvalue weighted by Crippen LogP contribution is 2.21. The largest absolute Gasteiger partial charge is 0.353 e. The van der Waals surface area contributed by atoms with E-state index >= 15 is 0 Å². The highest BCUT2D eigenvalue weighted by Gasteiger charge is 2.24. The van der Waals surface area contributed by atoms with Gasteiger partial charge in [-0.1, -0.05) is 23.2 Å². The van der Waals surface area contributed by atoms with Crippen LogP contribution in [0.25, 0.3) is 0 Å². The van der Waals surface area contributed by atoms with Gasteiger partial charge in [0.05, 0.1) is 5.69 Å². The summed E-state index contributed by atoms with van der Waals surface area (Å²) in [7, 11) is 0. The number of aromatic nitrogens is 1. The van der Waals surface area contributed by atoms with Crippen molar-refractivity contribution in [1.29, 1.82) is 0 Å². The molecule has 7 nitrogen and oxygen atoms in total. The number of hydrogen-bond donors (Lipinski definition) is 2. The second kappa shape index (κ2) is 8.30. The van der Waals surface area contributed by atoms with Crippen molar-refractivity contribution >= 4 is 46.6 Å². The summed E-state index contributed by atoms with van der Waals surface area (Å²) >= 11 is 11.6. The first kappa shape index (κ1) is 18.5. The molecule has 1 aliphatic heterocycles. The predicted molar refractivity (Wildman–Crippen MR) is 90.9 cm³/mol. The molecule has 2 heterocycles. The van der Waals surface area contributed by atoms with E-state index < -0.39 is 5.91 Å². The minimum absolute atomic E-state index is 0.0689. The van der Waals surface area contributed by atoms with Crippen LogP contribution in [0, 0.1) is 0 Å². The van der Waals surface area contributed by atoms with Gasteiger partial charge < -0.3 is 15.5 Å². The van der Waals surface area contributed by atoms with Gasteiger partial charge in [-0.05, 0) is 25.0 Å². The Bertz CT molecular complexity index is 646. The van der Waals surface area contributed by atoms with Crippen LogP contribution >= 0.6 is 23.2 Å². The molecule has 1 fully saturated rings. The van der Waals surface area contributed by atoms with Crippen molar-refractivity contribution < 1.29 is 14.4 Å². The third-order valence-electron chi connectivity index (χ3n) is 3.66. The molecule has 0 spiro atoms. The molecule has 0 unspecified atom stereocenters. The minimum Gasteiger partial charge on any atom is -0.353 e. The second-order valence-electron chi connectivity index (χ2n) is 5.55. The normalized spacial score (nSPS) is 15.0. The molecule has 1 saturated heterocycles. The lowest BCUT2D eigenvalue weighted by molar-refractivity contribution is -0.135. The van der Waals surface area contributed by atoms with Crippen molar-refractivity contribution in [2.45, 2.75) is 32.2 Å². The predicted octanol–water partition coefficient (Wildman–Crippen LogP) is 1.84. The van der Waals surface area contributed by atoms with Gasteiger partial charge >= 0.3 is 0 Å². The first-order valence-electron chi connectivity index (χ1n) is 7.52. The van der Waals surface area contributed by atoms with Crippen molar-refractivity contribution in [1.82, 2.24) is 15.2 Å². The van der Waals surface area contributed by atoms with Crippen LogP contribution in [0.15, 0.2) is 12.1 Å². The van der Waals surface area contributed by atoms with Crippen LogP contribution in [0.1, 0.15) is 26.2 Å². The van der Waals surface area contributed by atoms with E-state index in [1.165, 1.54) is 19.1 Å². The standard InChI is InChI=1S/C15H18Cl2N4O3/c1-9(22)18-10-4-6-21(7-5-10)14(24)8-13(23)19-11-2-3-12(16)20-15(11)17/h2-3,10H,4-8H2,1H3,(H,18,22)(H,19,23). The summed E-state index contributed by atoms with van der Waals surface area (Å²) in [5.74, 6) is -0.797. The molecule has 9 heteroatoms. The molecular formula is C15H18Cl2N4O3. The maximum absolute atomic E-state index is 12.2. The molecule has 0 bridgehead atoms. The molecule has 0 aromatic carbocycles. The first-order chi connectivity index (χ1) is 11.3. The number of nitrogens with one attached hydrogen (secondary N) is 2. The van der Waals surface area contributed by atoms with Gasteiger partial charge in [-0.15, -0.1) is 0 Å². The Kier molecular flexibility index (Phi) is 6.39. The molecule has 2 N–H and O–H groups in total. The zero-order valence-corrected chi connectivity index (χ0v) is 14.7. The zero-order valence-electron chi connectivity index (χ0n) is 13.1. The van der Waals surface area contributed by atoms with Crippen LogP contribution in [0.3, 0.4) is 0 Å². The van der Waals surface area contributed by atoms with E-state index in [-0.39, 0.29) is 34.6 Å². The molecule has 0 saturated carbocycles. The minimum atomic E-state index is -0.463. The summed E-state index contributed by atoms with van der Waals surface area (Å²) in [6, 6.07) is 3.11. The fourth-order valence-electron chi connectivity index (χ4n) is 2.51. The molecule has 0 aliphatic carbocycles. The number of hydrogen-bond acceptors (Lipinski definition) is 4. The number of rotatable bonds is 4. The van der Waals surface area contributed by atoms with Crippen molar-refractivity contribution in [3.05, 3.63) is 22.4 Å². The van der Waals surface area contributed by atoms with Crippen molar-refractivity contribution in [3.63, 3.8) is 0 Å². The van der Waals surface area contributed by atoms with E-state index in [4.69, 9.17) is 23.2 Å². The van der Waals surface area contributed by atoms with E-state index in [1.807, 2.05) is 0 Å². The molecular weight excluding hydrogens is 355 g/mol. The third kappa shape index (κ3) is 5.35. The van der Waals surface area contributed by atoms with Crippen LogP contribution in [0.2, 0.25) is 10.3 Å². The van der Waals surface area contributed by atoms with Gasteiger partial charge in [0.15, 0.2) is 5.15 Å². The molecule has 2 rings (SSSR count). The lowest BCUT2D eigenvalue weighted by Crippen LogP contribution is -2.46. The van der Waals surface area contributed by atoms with Gasteiger partial charge in [-0.2, -0.15) is 0 Å². The van der Waals surface area contributed by atoms with Gasteiger partial charge in [-0.3, -0.25) is 14.4 Å². The smallest absolute Gasteiger partial charge is 0.233 e. The van der Waals surface area contributed by atoms with E-state index in [1.54, 1.807) is 4.90 Å². The number of halogens is 2. The molecule has 0 radical (unpaired) electrons. The van der Waals surface area contributed by atoms with Gasteiger partial charge in [0.25, 0.3) is 0 Å². The SMILES string of the molecule is CC(=O)NC1CCN(C(=O)CC(=O)Nc2ccc(Cl)nc2Cl)CC1. The van der Waals surface area contributed by atoms with E-state index in [0.717, 1.165) is 0 Å². The fourth-order valence-corrected chi connectivity index (χ4v) is 2.90. The maximum atomic E-state index is 12.2. The lowest BCUT2D eigenvalue weighted by atomic mass is 10.0. The Hall–Kier alpha value is -1.86. The lowest BCUT2D eigenvalue weighted by Gasteiger charge is -2.32. The van der Waals surface area contributed by atoms with Crippen molar-refractivity contribution in [3.8, 4) is 0 Å². The summed E-state index contributed by atoms with van der Waals surface area (Å²) in [5, 5.41) is 5.67. The highest BCUT2D eigenvalue weighted by atomic mass is 35.5. The van der Waals surface area contributed by atoms with Crippen LogP contribution in [-0.2, 0) is 14.4 Å². The topological polar surface area (TPSA) is 91.4 Å². The Balaban J connectivity index is 1.82. The summed E-state index contributed by atoms with van der Waals surface area (Å²) in [4.78, 5) is 40.6. The average molecular weight is 373 g/mol. The highest BCUT2D eigenvalue weighted by molar-refractivity contribution is 6.34. The van der Waals surface area contributed by atoms with E-state index in [2.05, 4.69) is 15.6 Å². The molecule has 0 atom stereocenters. The van der Waals surface area contributed by atoms with Crippen LogP contribution in [-0.4, -0.2) is 46.7 Å². The second-order valence-corrected chi connectivity index (χ2v) is 6.30.